The van der Waals surface area contributed by atoms with Crippen molar-refractivity contribution in [1.29, 1.82) is 0 Å². The normalized spacial score (nSPS) is 10.0. The molecule has 0 heterocycles. The Labute approximate surface area is 405 Å². The molecule has 0 saturated carbocycles. The van der Waals surface area contributed by atoms with Crippen molar-refractivity contribution in [2.45, 2.75) is 0 Å². The molecule has 2 nitrogen and oxygen atoms in total. The molecular formula is C58H49ClI2N2. The maximum Gasteiger partial charge on any atom is 0.0406 e. The maximum atomic E-state index is 5.98. The number of hydrogen-bond acceptors (Lipinski definition) is 2. The van der Waals surface area contributed by atoms with Gasteiger partial charge in [0.2, 0.25) is 0 Å². The van der Waals surface area contributed by atoms with Gasteiger partial charge in [-0.15, -0.1) is 0 Å². The quantitative estimate of drug-likeness (QED) is 0.0989. The van der Waals surface area contributed by atoms with Crippen molar-refractivity contribution >= 4 is 95.4 Å². The molecule has 0 saturated heterocycles. The smallest absolute Gasteiger partial charge is 0.0406 e. The Morgan fingerprint density at radius 3 is 0.937 bits per heavy atom. The van der Waals surface area contributed by atoms with Crippen LogP contribution in [0.25, 0.3) is 66.1 Å². The average molecular weight is 1060 g/mol. The van der Waals surface area contributed by atoms with Gasteiger partial charge in [-0.3, -0.25) is 0 Å². The molecule has 10 rings (SSSR count). The molecule has 10 aromatic carbocycles. The highest BCUT2D eigenvalue weighted by Gasteiger charge is 2.05. The Hall–Kier alpha value is -5.93. The fraction of sp³-hybridized carbons (Fsp3) is 0.0345. The summed E-state index contributed by atoms with van der Waals surface area (Å²) in [4.78, 5) is 3.94. The third kappa shape index (κ3) is 13.5. The van der Waals surface area contributed by atoms with E-state index in [1.54, 1.807) is 0 Å². The lowest BCUT2D eigenvalue weighted by Gasteiger charge is -2.09. The maximum absolute atomic E-state index is 5.98. The average Bonchev–Trinajstić information content (AvgIpc) is 3.36. The van der Waals surface area contributed by atoms with Crippen molar-refractivity contribution in [2.24, 2.45) is 0 Å². The zero-order chi connectivity index (χ0) is 44.2. The minimum absolute atomic E-state index is 0.765. The van der Waals surface area contributed by atoms with Crippen molar-refractivity contribution in [3.8, 4) is 44.5 Å². The van der Waals surface area contributed by atoms with Gasteiger partial charge in [-0.05, 0) is 149 Å². The molecule has 0 radical (unpaired) electrons. The highest BCUT2D eigenvalue weighted by molar-refractivity contribution is 14.1. The Balaban J connectivity index is 0.000000173. The largest absolute Gasteiger partial charge is 0.399 e. The van der Waals surface area contributed by atoms with Crippen molar-refractivity contribution < 1.29 is 0 Å². The van der Waals surface area contributed by atoms with Crippen LogP contribution in [0, 0.1) is 0 Å². The Bertz CT molecular complexity index is 2890. The molecule has 0 aliphatic rings. The van der Waals surface area contributed by atoms with Crippen LogP contribution in [0.3, 0.4) is 0 Å². The Morgan fingerprint density at radius 1 is 0.302 bits per heavy atom. The van der Waals surface area contributed by atoms with E-state index in [1.807, 2.05) is 76.6 Å². The van der Waals surface area contributed by atoms with Crippen LogP contribution in [0.4, 0.5) is 17.1 Å². The standard InChI is InChI=1S/C28H21N.C22H15Cl.C6H7N.2CH3I/c1-3-7-21(8-4-1)24-13-11-23-12-14-25(20-26(23)19-24)22-15-17-28(18-16-22)29-27-9-5-2-6-10-27;23-22-12-10-17(11-13-22)20-9-7-18-6-8-19(14-21(18)15-20)16-4-2-1-3-5-16;7-6-4-2-1-3-5-6;2*1-2/h1-20,29H;1-15H;1-5H,7H2;2*1H3. The van der Waals surface area contributed by atoms with Gasteiger partial charge in [0.15, 0.2) is 0 Å². The van der Waals surface area contributed by atoms with E-state index in [-0.39, 0.29) is 0 Å². The van der Waals surface area contributed by atoms with Crippen molar-refractivity contribution in [1.82, 2.24) is 0 Å². The van der Waals surface area contributed by atoms with E-state index in [2.05, 4.69) is 226 Å². The third-order valence-electron chi connectivity index (χ3n) is 10.2. The predicted octanol–water partition coefficient (Wildman–Crippen LogP) is 18.1. The highest BCUT2D eigenvalue weighted by Crippen LogP contribution is 2.31. The number of alkyl halides is 2. The molecule has 0 bridgehead atoms. The highest BCUT2D eigenvalue weighted by atomic mass is 127. The summed E-state index contributed by atoms with van der Waals surface area (Å²) in [5.74, 6) is 0. The van der Waals surface area contributed by atoms with Crippen LogP contribution < -0.4 is 11.1 Å². The number of benzene rings is 10. The summed E-state index contributed by atoms with van der Waals surface area (Å²) in [7, 11) is 0. The first-order valence-corrected chi connectivity index (χ1v) is 25.2. The lowest BCUT2D eigenvalue weighted by molar-refractivity contribution is 1.54. The Morgan fingerprint density at radius 2 is 0.587 bits per heavy atom. The first-order valence-electron chi connectivity index (χ1n) is 20.5. The summed E-state index contributed by atoms with van der Waals surface area (Å²) in [5.41, 5.74) is 18.2. The van der Waals surface area contributed by atoms with Crippen molar-refractivity contribution in [2.75, 3.05) is 20.9 Å². The van der Waals surface area contributed by atoms with Gasteiger partial charge in [0.1, 0.15) is 0 Å². The number of nitrogens with one attached hydrogen (secondary N) is 1. The molecule has 0 unspecified atom stereocenters. The number of halogens is 3. The molecule has 10 aromatic rings. The molecule has 63 heavy (non-hydrogen) atoms. The van der Waals surface area contributed by atoms with E-state index >= 15 is 0 Å². The van der Waals surface area contributed by atoms with Crippen LogP contribution >= 0.6 is 56.8 Å². The third-order valence-corrected chi connectivity index (χ3v) is 10.4. The Kier molecular flexibility index (Phi) is 18.2. The van der Waals surface area contributed by atoms with Gasteiger partial charge in [0, 0.05) is 22.1 Å². The summed E-state index contributed by atoms with van der Waals surface area (Å²) in [6.45, 7) is 0. The molecule has 0 fully saturated rings. The second kappa shape index (κ2) is 24.6. The lowest BCUT2D eigenvalue weighted by Crippen LogP contribution is -1.89. The van der Waals surface area contributed by atoms with E-state index in [4.69, 9.17) is 17.3 Å². The van der Waals surface area contributed by atoms with Gasteiger partial charge in [-0.25, -0.2) is 0 Å². The lowest BCUT2D eigenvalue weighted by atomic mass is 9.97. The van der Waals surface area contributed by atoms with Gasteiger partial charge < -0.3 is 11.1 Å². The van der Waals surface area contributed by atoms with Gasteiger partial charge in [0.25, 0.3) is 0 Å². The van der Waals surface area contributed by atoms with E-state index in [1.165, 1.54) is 66.1 Å². The predicted molar refractivity (Wildman–Crippen MR) is 295 cm³/mol. The van der Waals surface area contributed by atoms with E-state index in [0.29, 0.717) is 0 Å². The van der Waals surface area contributed by atoms with Crippen LogP contribution in [0.1, 0.15) is 0 Å². The van der Waals surface area contributed by atoms with Gasteiger partial charge in [-0.1, -0.05) is 227 Å². The number of rotatable bonds is 6. The van der Waals surface area contributed by atoms with Crippen LogP contribution in [0.2, 0.25) is 5.02 Å². The first-order chi connectivity index (χ1) is 31.0. The van der Waals surface area contributed by atoms with Crippen molar-refractivity contribution in [3.63, 3.8) is 0 Å². The molecule has 0 aliphatic heterocycles. The van der Waals surface area contributed by atoms with Crippen LogP contribution in [-0.4, -0.2) is 9.86 Å². The summed E-state index contributed by atoms with van der Waals surface area (Å²) in [5, 5.41) is 9.22. The SMILES string of the molecule is CI.CI.Clc1ccc(-c2ccc3ccc(-c4ccccc4)cc3c2)cc1.Nc1ccccc1.c1ccc(Nc2ccc(-c3ccc4ccc(-c5ccccc5)cc4c3)cc2)cc1. The number of anilines is 3. The van der Waals surface area contributed by atoms with E-state index < -0.39 is 0 Å². The fourth-order valence-electron chi connectivity index (χ4n) is 7.00. The molecule has 3 N–H and O–H groups in total. The summed E-state index contributed by atoms with van der Waals surface area (Å²) < 4.78 is 0. The fourth-order valence-corrected chi connectivity index (χ4v) is 7.13. The van der Waals surface area contributed by atoms with E-state index in [9.17, 15) is 0 Å². The number of fused-ring (bicyclic) bond motifs is 2. The molecule has 312 valence electrons. The topological polar surface area (TPSA) is 38.0 Å². The summed E-state index contributed by atoms with van der Waals surface area (Å²) in [6, 6.07) is 83.9. The van der Waals surface area contributed by atoms with Gasteiger partial charge >= 0.3 is 0 Å². The second-order valence-electron chi connectivity index (χ2n) is 14.3. The number of hydrogen-bond donors (Lipinski definition) is 2. The molecule has 0 amide bonds. The van der Waals surface area contributed by atoms with Gasteiger partial charge in [0.05, 0.1) is 0 Å². The first kappa shape index (κ1) is 46.6. The van der Waals surface area contributed by atoms with Crippen LogP contribution in [0.5, 0.6) is 0 Å². The monoisotopic (exact) mass is 1060 g/mol. The minimum atomic E-state index is 0.765. The number of para-hydroxylation sites is 2. The number of nitrogen functional groups attached to an aromatic ring is 1. The van der Waals surface area contributed by atoms with E-state index in [0.717, 1.165) is 22.1 Å². The molecule has 0 aliphatic carbocycles. The second-order valence-corrected chi connectivity index (χ2v) is 14.7. The zero-order valence-electron chi connectivity index (χ0n) is 35.3. The summed E-state index contributed by atoms with van der Waals surface area (Å²) >= 11 is 10.3. The molecule has 0 atom stereocenters. The minimum Gasteiger partial charge on any atom is -0.399 e. The zero-order valence-corrected chi connectivity index (χ0v) is 40.4. The number of nitrogens with two attached hydrogens (primary N) is 1. The van der Waals surface area contributed by atoms with Crippen molar-refractivity contribution in [3.05, 3.63) is 248 Å². The molecular weight excluding hydrogens is 1010 g/mol. The van der Waals surface area contributed by atoms with Crippen LogP contribution in [0.15, 0.2) is 243 Å². The van der Waals surface area contributed by atoms with Gasteiger partial charge in [-0.2, -0.15) is 0 Å². The molecule has 0 spiro atoms. The summed E-state index contributed by atoms with van der Waals surface area (Å²) in [6.07, 6.45) is 0. The van der Waals surface area contributed by atoms with Crippen LogP contribution in [-0.2, 0) is 0 Å². The molecule has 0 aromatic heterocycles. The molecule has 5 heteroatoms.